The maximum atomic E-state index is 12.7. The largest absolute Gasteiger partial charge is 0.369 e. The number of nitrogens with one attached hydrogen (secondary N) is 3. The van der Waals surface area contributed by atoms with Gasteiger partial charge in [-0.3, -0.25) is 4.79 Å². The standard InChI is InChI=1S/C20H19N7O/c1-11(26-27-20(21)22)12-5-6-15-13(9-12)10-18(24-15)19(28)25-17-4-2-3-16-14(17)7-8-23-16/h2-10,23-24H,1H3,(H,25,28)(H4,21,22,27)/b26-11+. The minimum Gasteiger partial charge on any atom is -0.369 e. The van der Waals surface area contributed by atoms with Gasteiger partial charge in [-0.2, -0.15) is 5.10 Å². The van der Waals surface area contributed by atoms with E-state index in [1.807, 2.05) is 55.6 Å². The molecule has 0 aliphatic heterocycles. The first-order valence-electron chi connectivity index (χ1n) is 8.65. The molecule has 8 nitrogen and oxygen atoms in total. The first kappa shape index (κ1) is 17.3. The highest BCUT2D eigenvalue weighted by Gasteiger charge is 2.12. The quantitative estimate of drug-likeness (QED) is 0.214. The monoisotopic (exact) mass is 373 g/mol. The summed E-state index contributed by atoms with van der Waals surface area (Å²) in [4.78, 5) is 19.0. The van der Waals surface area contributed by atoms with Gasteiger partial charge in [-0.1, -0.05) is 12.1 Å². The summed E-state index contributed by atoms with van der Waals surface area (Å²) in [5.74, 6) is -0.309. The zero-order valence-corrected chi connectivity index (χ0v) is 15.2. The molecule has 140 valence electrons. The van der Waals surface area contributed by atoms with Crippen molar-refractivity contribution in [3.8, 4) is 0 Å². The summed E-state index contributed by atoms with van der Waals surface area (Å²) in [7, 11) is 0. The number of carbonyl (C=O) groups is 1. The summed E-state index contributed by atoms with van der Waals surface area (Å²) in [5.41, 5.74) is 15.2. The highest BCUT2D eigenvalue weighted by molar-refractivity contribution is 6.10. The van der Waals surface area contributed by atoms with Gasteiger partial charge in [-0.25, -0.2) is 0 Å². The fourth-order valence-corrected chi connectivity index (χ4v) is 3.05. The van der Waals surface area contributed by atoms with E-state index >= 15 is 0 Å². The molecule has 0 bridgehead atoms. The third-order valence-electron chi connectivity index (χ3n) is 4.44. The number of guanidine groups is 1. The lowest BCUT2D eigenvalue weighted by molar-refractivity contribution is 0.102. The third-order valence-corrected chi connectivity index (χ3v) is 4.44. The zero-order chi connectivity index (χ0) is 19.7. The molecule has 2 aromatic carbocycles. The van der Waals surface area contributed by atoms with E-state index in [-0.39, 0.29) is 11.9 Å². The number of nitrogens with two attached hydrogens (primary N) is 2. The van der Waals surface area contributed by atoms with Crippen molar-refractivity contribution in [1.82, 2.24) is 9.97 Å². The molecule has 0 spiro atoms. The number of anilines is 1. The number of aromatic nitrogens is 2. The molecule has 7 N–H and O–H groups in total. The topological polar surface area (TPSA) is 137 Å². The Labute approximate surface area is 160 Å². The third kappa shape index (κ3) is 3.30. The van der Waals surface area contributed by atoms with Crippen molar-refractivity contribution in [2.75, 3.05) is 5.32 Å². The van der Waals surface area contributed by atoms with Crippen LogP contribution in [-0.2, 0) is 0 Å². The van der Waals surface area contributed by atoms with Crippen LogP contribution in [0, 0.1) is 0 Å². The number of benzene rings is 2. The van der Waals surface area contributed by atoms with Crippen LogP contribution >= 0.6 is 0 Å². The summed E-state index contributed by atoms with van der Waals surface area (Å²) < 4.78 is 0. The van der Waals surface area contributed by atoms with E-state index in [2.05, 4.69) is 25.5 Å². The van der Waals surface area contributed by atoms with Gasteiger partial charge in [0, 0.05) is 28.0 Å². The molecule has 2 aromatic heterocycles. The number of hydrogen-bond donors (Lipinski definition) is 5. The molecular weight excluding hydrogens is 354 g/mol. The summed E-state index contributed by atoms with van der Waals surface area (Å²) >= 11 is 0. The predicted octanol–water partition coefficient (Wildman–Crippen LogP) is 2.90. The fourth-order valence-electron chi connectivity index (χ4n) is 3.05. The molecule has 0 fully saturated rings. The molecule has 0 atom stereocenters. The van der Waals surface area contributed by atoms with Crippen LogP contribution in [0.4, 0.5) is 5.69 Å². The molecule has 4 rings (SSSR count). The molecule has 0 radical (unpaired) electrons. The Bertz CT molecular complexity index is 1240. The Morgan fingerprint density at radius 1 is 1.04 bits per heavy atom. The first-order valence-corrected chi connectivity index (χ1v) is 8.65. The second-order valence-corrected chi connectivity index (χ2v) is 6.39. The van der Waals surface area contributed by atoms with Gasteiger partial charge >= 0.3 is 0 Å². The van der Waals surface area contributed by atoms with Gasteiger partial charge in [0.25, 0.3) is 5.91 Å². The van der Waals surface area contributed by atoms with Crippen LogP contribution in [0.1, 0.15) is 23.0 Å². The van der Waals surface area contributed by atoms with Gasteiger partial charge in [-0.05, 0) is 48.9 Å². The highest BCUT2D eigenvalue weighted by Crippen LogP contribution is 2.24. The maximum absolute atomic E-state index is 12.7. The molecule has 2 heterocycles. The van der Waals surface area contributed by atoms with E-state index in [4.69, 9.17) is 11.5 Å². The van der Waals surface area contributed by atoms with E-state index in [1.54, 1.807) is 6.07 Å². The van der Waals surface area contributed by atoms with Gasteiger partial charge in [0.05, 0.1) is 11.4 Å². The summed E-state index contributed by atoms with van der Waals surface area (Å²) in [5, 5.41) is 12.5. The van der Waals surface area contributed by atoms with Crippen molar-refractivity contribution >= 4 is 45.1 Å². The van der Waals surface area contributed by atoms with Crippen molar-refractivity contribution in [3.05, 3.63) is 66.0 Å². The molecule has 0 aliphatic carbocycles. The van der Waals surface area contributed by atoms with E-state index < -0.39 is 0 Å². The first-order chi connectivity index (χ1) is 13.5. The van der Waals surface area contributed by atoms with Crippen molar-refractivity contribution in [3.63, 3.8) is 0 Å². The van der Waals surface area contributed by atoms with Crippen LogP contribution in [0.5, 0.6) is 0 Å². The highest BCUT2D eigenvalue weighted by atomic mass is 16.1. The van der Waals surface area contributed by atoms with Crippen molar-refractivity contribution in [2.45, 2.75) is 6.92 Å². The molecular formula is C20H19N7O. The van der Waals surface area contributed by atoms with Gasteiger partial charge in [0.1, 0.15) is 5.69 Å². The van der Waals surface area contributed by atoms with E-state index in [9.17, 15) is 4.79 Å². The number of carbonyl (C=O) groups excluding carboxylic acids is 1. The Kier molecular flexibility index (Phi) is 4.29. The van der Waals surface area contributed by atoms with Crippen LogP contribution in [-0.4, -0.2) is 27.5 Å². The molecule has 8 heteroatoms. The number of rotatable bonds is 4. The minimum atomic E-state index is -0.211. The average molecular weight is 373 g/mol. The average Bonchev–Trinajstić information content (AvgIpc) is 3.32. The van der Waals surface area contributed by atoms with Crippen LogP contribution in [0.2, 0.25) is 0 Å². The van der Waals surface area contributed by atoms with Crippen molar-refractivity contribution in [2.24, 2.45) is 21.7 Å². The zero-order valence-electron chi connectivity index (χ0n) is 15.2. The number of H-pyrrole nitrogens is 2. The van der Waals surface area contributed by atoms with E-state index in [1.165, 1.54) is 0 Å². The van der Waals surface area contributed by atoms with Gasteiger partial charge in [0.2, 0.25) is 5.96 Å². The fraction of sp³-hybridized carbons (Fsp3) is 0.0500. The van der Waals surface area contributed by atoms with E-state index in [0.29, 0.717) is 11.4 Å². The van der Waals surface area contributed by atoms with Crippen molar-refractivity contribution in [1.29, 1.82) is 0 Å². The minimum absolute atomic E-state index is 0.0986. The molecule has 28 heavy (non-hydrogen) atoms. The molecule has 1 amide bonds. The van der Waals surface area contributed by atoms with Crippen molar-refractivity contribution < 1.29 is 4.79 Å². The summed E-state index contributed by atoms with van der Waals surface area (Å²) in [6, 6.07) is 15.2. The van der Waals surface area contributed by atoms with Gasteiger partial charge < -0.3 is 26.8 Å². The number of nitrogens with zero attached hydrogens (tertiary/aromatic N) is 2. The lowest BCUT2D eigenvalue weighted by atomic mass is 10.1. The molecule has 4 aromatic rings. The lowest BCUT2D eigenvalue weighted by Gasteiger charge is -2.05. The van der Waals surface area contributed by atoms with Gasteiger partial charge in [0.15, 0.2) is 0 Å². The Morgan fingerprint density at radius 3 is 2.71 bits per heavy atom. The Morgan fingerprint density at radius 2 is 1.89 bits per heavy atom. The van der Waals surface area contributed by atoms with Crippen LogP contribution in [0.25, 0.3) is 21.8 Å². The Hall–Kier alpha value is -4.07. The summed E-state index contributed by atoms with van der Waals surface area (Å²) in [6.45, 7) is 1.81. The maximum Gasteiger partial charge on any atom is 0.272 e. The van der Waals surface area contributed by atoms with Gasteiger partial charge in [-0.15, -0.1) is 5.10 Å². The molecule has 0 aliphatic rings. The lowest BCUT2D eigenvalue weighted by Crippen LogP contribution is -2.22. The number of hydrogen-bond acceptors (Lipinski definition) is 3. The Balaban J connectivity index is 1.62. The van der Waals surface area contributed by atoms with Crippen LogP contribution < -0.4 is 16.8 Å². The smallest absolute Gasteiger partial charge is 0.272 e. The normalized spacial score (nSPS) is 11.7. The van der Waals surface area contributed by atoms with Crippen LogP contribution in [0.3, 0.4) is 0 Å². The predicted molar refractivity (Wildman–Crippen MR) is 113 cm³/mol. The van der Waals surface area contributed by atoms with E-state index in [0.717, 1.165) is 33.1 Å². The summed E-state index contributed by atoms with van der Waals surface area (Å²) in [6.07, 6.45) is 1.84. The van der Waals surface area contributed by atoms with Crippen LogP contribution in [0.15, 0.2) is 64.9 Å². The SMILES string of the molecule is C/C(=N\N=C(N)N)c1ccc2[nH]c(C(=O)Nc3cccc4[nH]ccc34)cc2c1. The number of fused-ring (bicyclic) bond motifs is 2. The second-order valence-electron chi connectivity index (χ2n) is 6.39. The second kappa shape index (κ2) is 6.92. The molecule has 0 unspecified atom stereocenters. The number of amides is 1. The number of aromatic amines is 2. The molecule has 0 saturated carbocycles. The molecule has 0 saturated heterocycles.